The van der Waals surface area contributed by atoms with Gasteiger partial charge in [0.15, 0.2) is 11.5 Å². The third kappa shape index (κ3) is 2.22. The summed E-state index contributed by atoms with van der Waals surface area (Å²) in [7, 11) is 0. The second kappa shape index (κ2) is 5.35. The number of aromatic nitrogens is 9. The largest absolute Gasteiger partial charge is 0.331 e. The van der Waals surface area contributed by atoms with E-state index in [9.17, 15) is 0 Å². The van der Waals surface area contributed by atoms with Gasteiger partial charge in [-0.1, -0.05) is 5.21 Å². The molecular formula is C13H13N9. The van der Waals surface area contributed by atoms with Crippen LogP contribution in [0.1, 0.15) is 12.2 Å². The van der Waals surface area contributed by atoms with E-state index in [1.165, 1.54) is 0 Å². The van der Waals surface area contributed by atoms with Gasteiger partial charge in [0.2, 0.25) is 0 Å². The monoisotopic (exact) mass is 295 g/mol. The SMILES string of the molecule is c1cnc2c(-c3nccn3CCCc3nn[nH]n3)cnn2c1. The van der Waals surface area contributed by atoms with Crippen LogP contribution in [0.3, 0.4) is 0 Å². The number of nitrogens with one attached hydrogen (secondary N) is 1. The van der Waals surface area contributed by atoms with Crippen LogP contribution in [0.25, 0.3) is 17.0 Å². The Morgan fingerprint density at radius 3 is 3.05 bits per heavy atom. The van der Waals surface area contributed by atoms with Crippen LogP contribution < -0.4 is 0 Å². The molecule has 0 aromatic carbocycles. The van der Waals surface area contributed by atoms with Crippen molar-refractivity contribution >= 4 is 5.65 Å². The maximum atomic E-state index is 4.44. The lowest BCUT2D eigenvalue weighted by atomic mass is 10.2. The summed E-state index contributed by atoms with van der Waals surface area (Å²) in [6.45, 7) is 0.814. The minimum atomic E-state index is 0.722. The lowest BCUT2D eigenvalue weighted by Gasteiger charge is -2.05. The molecule has 4 aromatic rings. The van der Waals surface area contributed by atoms with E-state index in [1.807, 2.05) is 18.5 Å². The molecule has 0 aliphatic rings. The van der Waals surface area contributed by atoms with Gasteiger partial charge in [-0.15, -0.1) is 10.2 Å². The number of aromatic amines is 1. The summed E-state index contributed by atoms with van der Waals surface area (Å²) in [5.41, 5.74) is 1.72. The maximum Gasteiger partial charge on any atom is 0.174 e. The summed E-state index contributed by atoms with van der Waals surface area (Å²) in [6.07, 6.45) is 10.8. The zero-order valence-corrected chi connectivity index (χ0v) is 11.7. The molecule has 22 heavy (non-hydrogen) atoms. The molecule has 0 spiro atoms. The van der Waals surface area contributed by atoms with Crippen molar-refractivity contribution in [3.05, 3.63) is 42.9 Å². The van der Waals surface area contributed by atoms with Crippen LogP contribution in [-0.2, 0) is 13.0 Å². The predicted octanol–water partition coefficient (Wildman–Crippen LogP) is 0.739. The van der Waals surface area contributed by atoms with Gasteiger partial charge in [-0.3, -0.25) is 0 Å². The summed E-state index contributed by atoms with van der Waals surface area (Å²) >= 11 is 0. The van der Waals surface area contributed by atoms with Gasteiger partial charge in [0, 0.05) is 37.8 Å². The average Bonchev–Trinajstić information content (AvgIpc) is 3.27. The molecule has 4 aromatic heterocycles. The van der Waals surface area contributed by atoms with Crippen molar-refractivity contribution in [3.8, 4) is 11.4 Å². The van der Waals surface area contributed by atoms with E-state index < -0.39 is 0 Å². The molecule has 4 rings (SSSR count). The van der Waals surface area contributed by atoms with Crippen molar-refractivity contribution in [1.29, 1.82) is 0 Å². The highest BCUT2D eigenvalue weighted by molar-refractivity contribution is 5.72. The van der Waals surface area contributed by atoms with Crippen molar-refractivity contribution in [2.75, 3.05) is 0 Å². The molecule has 1 N–H and O–H groups in total. The summed E-state index contributed by atoms with van der Waals surface area (Å²) in [4.78, 5) is 8.82. The number of aryl methyl sites for hydroxylation is 2. The van der Waals surface area contributed by atoms with Crippen molar-refractivity contribution in [1.82, 2.24) is 44.8 Å². The summed E-state index contributed by atoms with van der Waals surface area (Å²) < 4.78 is 3.83. The minimum Gasteiger partial charge on any atom is -0.331 e. The first-order valence-electron chi connectivity index (χ1n) is 6.94. The zero-order chi connectivity index (χ0) is 14.8. The van der Waals surface area contributed by atoms with Gasteiger partial charge in [0.25, 0.3) is 0 Å². The van der Waals surface area contributed by atoms with Gasteiger partial charge >= 0.3 is 0 Å². The average molecular weight is 295 g/mol. The first-order chi connectivity index (χ1) is 10.9. The number of nitrogens with zero attached hydrogens (tertiary/aromatic N) is 8. The molecule has 0 bridgehead atoms. The van der Waals surface area contributed by atoms with E-state index in [-0.39, 0.29) is 0 Å². The highest BCUT2D eigenvalue weighted by Crippen LogP contribution is 2.21. The molecule has 0 fully saturated rings. The molecule has 0 radical (unpaired) electrons. The van der Waals surface area contributed by atoms with Gasteiger partial charge in [0.05, 0.1) is 11.8 Å². The number of imidazole rings is 1. The third-order valence-corrected chi connectivity index (χ3v) is 3.42. The molecule has 110 valence electrons. The minimum absolute atomic E-state index is 0.722. The van der Waals surface area contributed by atoms with Gasteiger partial charge in [-0.25, -0.2) is 14.5 Å². The Kier molecular flexibility index (Phi) is 3.07. The van der Waals surface area contributed by atoms with Gasteiger partial charge in [-0.05, 0) is 12.5 Å². The topological polar surface area (TPSA) is 102 Å². The number of hydrogen-bond acceptors (Lipinski definition) is 6. The van der Waals surface area contributed by atoms with Crippen molar-refractivity contribution in [2.24, 2.45) is 0 Å². The number of tetrazole rings is 1. The highest BCUT2D eigenvalue weighted by atomic mass is 15.5. The quantitative estimate of drug-likeness (QED) is 0.582. The highest BCUT2D eigenvalue weighted by Gasteiger charge is 2.12. The van der Waals surface area contributed by atoms with Crippen LogP contribution in [0.4, 0.5) is 0 Å². The summed E-state index contributed by atoms with van der Waals surface area (Å²) in [5.74, 6) is 1.58. The molecule has 0 aliphatic carbocycles. The Morgan fingerprint density at radius 2 is 2.14 bits per heavy atom. The molecule has 4 heterocycles. The third-order valence-electron chi connectivity index (χ3n) is 3.42. The van der Waals surface area contributed by atoms with Crippen molar-refractivity contribution in [3.63, 3.8) is 0 Å². The number of fused-ring (bicyclic) bond motifs is 1. The molecule has 0 saturated carbocycles. The van der Waals surface area contributed by atoms with E-state index >= 15 is 0 Å². The fourth-order valence-electron chi connectivity index (χ4n) is 2.41. The van der Waals surface area contributed by atoms with Crippen LogP contribution in [0.5, 0.6) is 0 Å². The standard InChI is InChI=1S/C13H13N9/c1(3-11-17-19-20-18-11)6-21-8-5-15-12(21)10-9-16-22-7-2-4-14-13(10)22/h2,4-5,7-9H,1,3,6H2,(H,17,18,19,20). The lowest BCUT2D eigenvalue weighted by molar-refractivity contribution is 0.634. The second-order valence-electron chi connectivity index (χ2n) is 4.82. The Balaban J connectivity index is 1.57. The normalized spacial score (nSPS) is 11.3. The molecular weight excluding hydrogens is 282 g/mol. The molecule has 0 saturated heterocycles. The van der Waals surface area contributed by atoms with Gasteiger partial charge in [0.1, 0.15) is 5.82 Å². The number of H-pyrrole nitrogens is 1. The van der Waals surface area contributed by atoms with Crippen LogP contribution in [0.15, 0.2) is 37.1 Å². The first-order valence-corrected chi connectivity index (χ1v) is 6.94. The summed E-state index contributed by atoms with van der Waals surface area (Å²) in [5, 5.41) is 18.2. The van der Waals surface area contributed by atoms with Crippen LogP contribution in [0.2, 0.25) is 0 Å². The molecule has 0 unspecified atom stereocenters. The Morgan fingerprint density at radius 1 is 1.14 bits per heavy atom. The Bertz CT molecular complexity index is 874. The molecule has 0 aliphatic heterocycles. The van der Waals surface area contributed by atoms with E-state index in [0.29, 0.717) is 0 Å². The fourth-order valence-corrected chi connectivity index (χ4v) is 2.41. The lowest BCUT2D eigenvalue weighted by Crippen LogP contribution is -2.02. The van der Waals surface area contributed by atoms with Crippen molar-refractivity contribution < 1.29 is 0 Å². The smallest absolute Gasteiger partial charge is 0.174 e. The molecule has 0 atom stereocenters. The second-order valence-corrected chi connectivity index (χ2v) is 4.82. The predicted molar refractivity (Wildman–Crippen MR) is 76.7 cm³/mol. The van der Waals surface area contributed by atoms with Gasteiger partial charge < -0.3 is 4.57 Å². The van der Waals surface area contributed by atoms with Gasteiger partial charge in [-0.2, -0.15) is 10.3 Å². The van der Waals surface area contributed by atoms with E-state index in [1.54, 1.807) is 23.1 Å². The van der Waals surface area contributed by atoms with E-state index in [4.69, 9.17) is 0 Å². The van der Waals surface area contributed by atoms with Crippen molar-refractivity contribution in [2.45, 2.75) is 19.4 Å². The zero-order valence-electron chi connectivity index (χ0n) is 11.7. The van der Waals surface area contributed by atoms with Crippen LogP contribution in [-0.4, -0.2) is 44.8 Å². The van der Waals surface area contributed by atoms with Crippen LogP contribution >= 0.6 is 0 Å². The number of rotatable bonds is 5. The molecule has 9 heteroatoms. The maximum absolute atomic E-state index is 4.44. The Hall–Kier alpha value is -3.10. The van der Waals surface area contributed by atoms with E-state index in [0.717, 1.165) is 42.2 Å². The first kappa shape index (κ1) is 12.6. The fraction of sp³-hybridized carbons (Fsp3) is 0.231. The van der Waals surface area contributed by atoms with E-state index in [2.05, 4.69) is 40.3 Å². The molecule has 9 nitrogen and oxygen atoms in total. The van der Waals surface area contributed by atoms with Crippen LogP contribution in [0, 0.1) is 0 Å². The Labute approximate surface area is 125 Å². The summed E-state index contributed by atoms with van der Waals surface area (Å²) in [6, 6.07) is 1.85. The number of hydrogen-bond donors (Lipinski definition) is 1. The molecule has 0 amide bonds.